The van der Waals surface area contributed by atoms with Crippen molar-refractivity contribution in [1.29, 1.82) is 0 Å². The number of rotatable bonds is 7. The Kier molecular flexibility index (Phi) is 6.28. The Morgan fingerprint density at radius 2 is 1.50 bits per heavy atom. The largest absolute Gasteiger partial charge is 0.353 e. The summed E-state index contributed by atoms with van der Waals surface area (Å²) in [5.74, 6) is -1.86. The van der Waals surface area contributed by atoms with E-state index in [0.29, 0.717) is 5.56 Å². The van der Waals surface area contributed by atoms with Crippen molar-refractivity contribution in [2.75, 3.05) is 5.32 Å². The molecule has 1 atom stereocenters. The van der Waals surface area contributed by atoms with Crippen LogP contribution < -0.4 is 5.32 Å². The van der Waals surface area contributed by atoms with Gasteiger partial charge in [-0.15, -0.1) is 0 Å². The van der Waals surface area contributed by atoms with E-state index in [1.807, 2.05) is 73.7 Å². The molecule has 0 amide bonds. The number of hydrogen-bond donors (Lipinski definition) is 1. The van der Waals surface area contributed by atoms with Crippen LogP contribution >= 0.6 is 11.8 Å². The molecule has 1 N–H and O–H groups in total. The second kappa shape index (κ2) is 9.13. The van der Waals surface area contributed by atoms with E-state index in [2.05, 4.69) is 5.32 Å². The number of hydrogen-bond acceptors (Lipinski definition) is 5. The summed E-state index contributed by atoms with van der Waals surface area (Å²) >= 11 is 1.62. The third-order valence-corrected chi connectivity index (χ3v) is 7.02. The predicted molar refractivity (Wildman–Crippen MR) is 128 cm³/mol. The molecular weight excluding hydrogens is 418 g/mol. The lowest BCUT2D eigenvalue weighted by Crippen LogP contribution is -2.29. The van der Waals surface area contributed by atoms with E-state index in [1.54, 1.807) is 11.8 Å². The first-order valence-corrected chi connectivity index (χ1v) is 11.4. The first-order chi connectivity index (χ1) is 15.3. The maximum atomic E-state index is 13.6. The highest BCUT2D eigenvalue weighted by atomic mass is 32.2. The maximum absolute atomic E-state index is 13.6. The molecule has 0 aliphatic carbocycles. The Balaban J connectivity index is 1.70. The average Bonchev–Trinajstić information content (AvgIpc) is 2.76. The smallest absolute Gasteiger partial charge is 0.165 e. The Bertz CT molecular complexity index is 1190. The van der Waals surface area contributed by atoms with Crippen LogP contribution in [0.25, 0.3) is 0 Å². The quantitative estimate of drug-likeness (QED) is 0.266. The summed E-state index contributed by atoms with van der Waals surface area (Å²) in [5.41, 5.74) is 4.24. The molecule has 1 unspecified atom stereocenters. The molecule has 5 heteroatoms. The maximum Gasteiger partial charge on any atom is 0.165 e. The van der Waals surface area contributed by atoms with Gasteiger partial charge >= 0.3 is 0 Å². The molecule has 0 saturated carbocycles. The molecule has 1 aliphatic rings. The van der Waals surface area contributed by atoms with Crippen LogP contribution in [-0.4, -0.2) is 17.3 Å². The lowest BCUT2D eigenvalue weighted by Gasteiger charge is -2.26. The molecule has 3 aromatic rings. The van der Waals surface area contributed by atoms with Crippen LogP contribution in [-0.2, 0) is 9.59 Å². The van der Waals surface area contributed by atoms with Gasteiger partial charge in [0.15, 0.2) is 5.78 Å². The molecule has 4 nitrogen and oxygen atoms in total. The van der Waals surface area contributed by atoms with Gasteiger partial charge in [-0.05, 0) is 50.6 Å². The second-order valence-electron chi connectivity index (χ2n) is 8.25. The van der Waals surface area contributed by atoms with E-state index in [0.717, 1.165) is 32.3 Å². The summed E-state index contributed by atoms with van der Waals surface area (Å²) < 4.78 is 0. The second-order valence-corrected chi connectivity index (χ2v) is 9.33. The van der Waals surface area contributed by atoms with Gasteiger partial charge in [0.05, 0.1) is 17.3 Å². The van der Waals surface area contributed by atoms with Crippen molar-refractivity contribution in [3.8, 4) is 0 Å². The Morgan fingerprint density at radius 1 is 0.844 bits per heavy atom. The molecule has 0 aromatic heterocycles. The van der Waals surface area contributed by atoms with Gasteiger partial charge < -0.3 is 5.32 Å². The fourth-order valence-electron chi connectivity index (χ4n) is 4.29. The number of anilines is 2. The third kappa shape index (κ3) is 4.39. The van der Waals surface area contributed by atoms with Crippen molar-refractivity contribution in [1.82, 2.24) is 0 Å². The van der Waals surface area contributed by atoms with Gasteiger partial charge in [-0.25, -0.2) is 0 Å². The van der Waals surface area contributed by atoms with Crippen molar-refractivity contribution >= 4 is 40.5 Å². The first-order valence-electron chi connectivity index (χ1n) is 10.6. The van der Waals surface area contributed by atoms with Crippen LogP contribution in [0.2, 0.25) is 0 Å². The van der Waals surface area contributed by atoms with Crippen molar-refractivity contribution in [3.63, 3.8) is 0 Å². The van der Waals surface area contributed by atoms with Crippen LogP contribution in [0.3, 0.4) is 0 Å². The topological polar surface area (TPSA) is 63.2 Å². The van der Waals surface area contributed by atoms with Gasteiger partial charge in [0.25, 0.3) is 0 Å². The van der Waals surface area contributed by atoms with E-state index in [-0.39, 0.29) is 23.8 Å². The third-order valence-electron chi connectivity index (χ3n) is 5.88. The number of ketones is 3. The van der Waals surface area contributed by atoms with Crippen molar-refractivity contribution in [2.45, 2.75) is 42.9 Å². The van der Waals surface area contributed by atoms with Gasteiger partial charge in [0.1, 0.15) is 11.6 Å². The van der Waals surface area contributed by atoms with Crippen LogP contribution in [0.5, 0.6) is 0 Å². The van der Waals surface area contributed by atoms with E-state index in [1.165, 1.54) is 13.8 Å². The Hall–Kier alpha value is -3.18. The summed E-state index contributed by atoms with van der Waals surface area (Å²) in [7, 11) is 0. The van der Waals surface area contributed by atoms with Crippen molar-refractivity contribution < 1.29 is 14.4 Å². The highest BCUT2D eigenvalue weighted by Gasteiger charge is 2.33. The molecule has 162 valence electrons. The van der Waals surface area contributed by atoms with Crippen LogP contribution in [0.1, 0.15) is 47.7 Å². The fourth-order valence-corrected chi connectivity index (χ4v) is 5.32. The average molecular weight is 444 g/mol. The number of aryl methyl sites for hydroxylation is 1. The normalized spacial score (nSPS) is 13.0. The molecule has 0 bridgehead atoms. The Labute approximate surface area is 192 Å². The zero-order valence-corrected chi connectivity index (χ0v) is 19.2. The van der Waals surface area contributed by atoms with Crippen molar-refractivity contribution in [3.05, 3.63) is 83.4 Å². The number of carbonyl (C=O) groups excluding carboxylic acids is 3. The summed E-state index contributed by atoms with van der Waals surface area (Å²) in [6.07, 6.45) is 0.0807. The van der Waals surface area contributed by atoms with Crippen LogP contribution in [0, 0.1) is 12.8 Å². The van der Waals surface area contributed by atoms with Crippen molar-refractivity contribution in [2.24, 2.45) is 5.92 Å². The summed E-state index contributed by atoms with van der Waals surface area (Å²) in [5, 5.41) is 3.41. The van der Waals surface area contributed by atoms with Gasteiger partial charge in [-0.1, -0.05) is 59.8 Å². The van der Waals surface area contributed by atoms with Gasteiger partial charge in [0.2, 0.25) is 0 Å². The molecule has 1 heterocycles. The summed E-state index contributed by atoms with van der Waals surface area (Å²) in [6, 6.07) is 21.4. The summed E-state index contributed by atoms with van der Waals surface area (Å²) in [6.45, 7) is 4.84. The SMILES string of the molecule is CC(=O)C(C(C)=O)C(CC(=O)c1cccc2c1Nc1ccccc1S2)c1ccc(C)cc1. The number of carbonyl (C=O) groups is 3. The highest BCUT2D eigenvalue weighted by Crippen LogP contribution is 2.46. The minimum atomic E-state index is -0.843. The molecule has 0 radical (unpaired) electrons. The van der Waals surface area contributed by atoms with E-state index in [4.69, 9.17) is 0 Å². The van der Waals surface area contributed by atoms with Gasteiger partial charge in [0, 0.05) is 27.7 Å². The molecule has 32 heavy (non-hydrogen) atoms. The zero-order valence-electron chi connectivity index (χ0n) is 18.3. The number of nitrogens with one attached hydrogen (secondary N) is 1. The van der Waals surface area contributed by atoms with Gasteiger partial charge in [-0.2, -0.15) is 0 Å². The van der Waals surface area contributed by atoms with E-state index < -0.39 is 11.8 Å². The fraction of sp³-hybridized carbons (Fsp3) is 0.222. The molecule has 0 spiro atoms. The monoisotopic (exact) mass is 443 g/mol. The molecule has 4 rings (SSSR count). The van der Waals surface area contributed by atoms with Gasteiger partial charge in [-0.3, -0.25) is 14.4 Å². The zero-order chi connectivity index (χ0) is 22.8. The van der Waals surface area contributed by atoms with Crippen LogP contribution in [0.15, 0.2) is 76.5 Å². The molecular formula is C27H25NO3S. The molecule has 0 saturated heterocycles. The lowest BCUT2D eigenvalue weighted by atomic mass is 9.77. The lowest BCUT2D eigenvalue weighted by molar-refractivity contribution is -0.131. The predicted octanol–water partition coefficient (Wildman–Crippen LogP) is 6.35. The molecule has 1 aliphatic heterocycles. The van der Waals surface area contributed by atoms with E-state index >= 15 is 0 Å². The Morgan fingerprint density at radius 3 is 2.19 bits per heavy atom. The standard InChI is InChI=1S/C27H25NO3S/c1-16-11-13-19(14-12-16)21(26(17(2)29)18(3)30)15-23(31)20-7-6-10-25-27(20)28-22-8-4-5-9-24(22)32-25/h4-14,21,26,28H,15H2,1-3H3. The van der Waals surface area contributed by atoms with Crippen LogP contribution in [0.4, 0.5) is 11.4 Å². The number of para-hydroxylation sites is 2. The van der Waals surface area contributed by atoms with E-state index in [9.17, 15) is 14.4 Å². The minimum absolute atomic E-state index is 0.0807. The first kappa shape index (κ1) is 22.0. The number of fused-ring (bicyclic) bond motifs is 2. The molecule has 3 aromatic carbocycles. The minimum Gasteiger partial charge on any atom is -0.353 e. The number of Topliss-reactive ketones (excluding diaryl/α,β-unsaturated/α-hetero) is 3. The highest BCUT2D eigenvalue weighted by molar-refractivity contribution is 7.99. The summed E-state index contributed by atoms with van der Waals surface area (Å²) in [4.78, 5) is 40.5. The number of benzene rings is 3. The molecule has 0 fully saturated rings.